The summed E-state index contributed by atoms with van der Waals surface area (Å²) >= 11 is 0. The van der Waals surface area contributed by atoms with E-state index in [1.807, 2.05) is 12.2 Å². The van der Waals surface area contributed by atoms with Crippen LogP contribution in [0.3, 0.4) is 0 Å². The van der Waals surface area contributed by atoms with Crippen LogP contribution in [-0.4, -0.2) is 16.4 Å². The second-order valence-electron chi connectivity index (χ2n) is 3.60. The summed E-state index contributed by atoms with van der Waals surface area (Å²) in [5, 5.41) is 0. The third-order valence-corrected chi connectivity index (χ3v) is 3.69. The molecule has 0 saturated carbocycles. The molecule has 0 N–H and O–H groups in total. The van der Waals surface area contributed by atoms with Crippen molar-refractivity contribution in [3.05, 3.63) is 25.3 Å². The molecule has 0 spiro atoms. The fourth-order valence-corrected chi connectivity index (χ4v) is 2.63. The standard InChI is InChI=1S/C12H24OSi/c1-4-7-11-14-13-10-8-9-12(5-2)6-3/h5-6,12H,2-4,7-11,14H2,1H3. The highest BCUT2D eigenvalue weighted by molar-refractivity contribution is 6.26. The highest BCUT2D eigenvalue weighted by Gasteiger charge is 1.97. The van der Waals surface area contributed by atoms with Crippen molar-refractivity contribution in [3.8, 4) is 0 Å². The number of unbranched alkanes of at least 4 members (excludes halogenated alkanes) is 1. The number of hydrogen-bond acceptors (Lipinski definition) is 1. The van der Waals surface area contributed by atoms with Crippen molar-refractivity contribution in [2.45, 2.75) is 38.7 Å². The van der Waals surface area contributed by atoms with E-state index in [1.54, 1.807) is 0 Å². The zero-order valence-electron chi connectivity index (χ0n) is 9.50. The van der Waals surface area contributed by atoms with E-state index in [9.17, 15) is 0 Å². The molecule has 0 fully saturated rings. The summed E-state index contributed by atoms with van der Waals surface area (Å²) in [6.45, 7) is 10.7. The topological polar surface area (TPSA) is 9.23 Å². The molecule has 14 heavy (non-hydrogen) atoms. The van der Waals surface area contributed by atoms with Crippen molar-refractivity contribution in [3.63, 3.8) is 0 Å². The van der Waals surface area contributed by atoms with Crippen molar-refractivity contribution in [2.75, 3.05) is 6.61 Å². The van der Waals surface area contributed by atoms with Gasteiger partial charge in [0, 0.05) is 6.61 Å². The zero-order valence-corrected chi connectivity index (χ0v) is 10.9. The van der Waals surface area contributed by atoms with Crippen molar-refractivity contribution in [2.24, 2.45) is 5.92 Å². The van der Waals surface area contributed by atoms with Gasteiger partial charge in [-0.15, -0.1) is 13.2 Å². The van der Waals surface area contributed by atoms with Gasteiger partial charge in [0.2, 0.25) is 0 Å². The molecular weight excluding hydrogens is 188 g/mol. The molecule has 0 aromatic rings. The third-order valence-electron chi connectivity index (χ3n) is 2.32. The van der Waals surface area contributed by atoms with E-state index >= 15 is 0 Å². The second-order valence-corrected chi connectivity index (χ2v) is 5.12. The van der Waals surface area contributed by atoms with Gasteiger partial charge < -0.3 is 4.43 Å². The lowest BCUT2D eigenvalue weighted by Gasteiger charge is -2.07. The van der Waals surface area contributed by atoms with Gasteiger partial charge in [-0.05, 0) is 24.8 Å². The normalized spacial score (nSPS) is 11.3. The average molecular weight is 212 g/mol. The molecular formula is C12H24OSi. The first-order valence-corrected chi connectivity index (χ1v) is 7.25. The molecule has 0 heterocycles. The van der Waals surface area contributed by atoms with E-state index < -0.39 is 0 Å². The van der Waals surface area contributed by atoms with Crippen LogP contribution in [0.15, 0.2) is 25.3 Å². The Labute approximate surface area is 91.2 Å². The number of rotatable bonds is 10. The van der Waals surface area contributed by atoms with Crippen LogP contribution in [0.1, 0.15) is 32.6 Å². The SMILES string of the molecule is C=CC(C=C)CCCO[SiH2]CCCC. The van der Waals surface area contributed by atoms with Crippen LogP contribution in [0.25, 0.3) is 0 Å². The lowest BCUT2D eigenvalue weighted by atomic mass is 10.0. The molecule has 2 heteroatoms. The fraction of sp³-hybridized carbons (Fsp3) is 0.667. The Bertz CT molecular complexity index is 137. The smallest absolute Gasteiger partial charge is 0.161 e. The van der Waals surface area contributed by atoms with Crippen LogP contribution in [0.2, 0.25) is 6.04 Å². The van der Waals surface area contributed by atoms with Crippen LogP contribution in [0.5, 0.6) is 0 Å². The summed E-state index contributed by atoms with van der Waals surface area (Å²) in [5.41, 5.74) is 0. The molecule has 0 rings (SSSR count). The summed E-state index contributed by atoms with van der Waals surface area (Å²) in [4.78, 5) is 0. The van der Waals surface area contributed by atoms with E-state index in [0.717, 1.165) is 19.4 Å². The minimum absolute atomic E-state index is 0.209. The summed E-state index contributed by atoms with van der Waals surface area (Å²) in [6.07, 6.45) is 8.83. The Morgan fingerprint density at radius 1 is 1.29 bits per heavy atom. The first-order valence-electron chi connectivity index (χ1n) is 5.68. The Kier molecular flexibility index (Phi) is 10.5. The van der Waals surface area contributed by atoms with Crippen molar-refractivity contribution in [1.29, 1.82) is 0 Å². The summed E-state index contributed by atoms with van der Waals surface area (Å²) in [7, 11) is -0.209. The van der Waals surface area contributed by atoms with Crippen molar-refractivity contribution in [1.82, 2.24) is 0 Å². The quantitative estimate of drug-likeness (QED) is 0.307. The minimum Gasteiger partial charge on any atom is -0.424 e. The molecule has 0 saturated heterocycles. The largest absolute Gasteiger partial charge is 0.424 e. The molecule has 82 valence electrons. The van der Waals surface area contributed by atoms with Gasteiger partial charge in [0.05, 0.1) is 0 Å². The van der Waals surface area contributed by atoms with Gasteiger partial charge in [-0.25, -0.2) is 0 Å². The van der Waals surface area contributed by atoms with Crippen LogP contribution in [0, 0.1) is 5.92 Å². The lowest BCUT2D eigenvalue weighted by molar-refractivity contribution is 0.318. The van der Waals surface area contributed by atoms with Gasteiger partial charge in [0.25, 0.3) is 0 Å². The van der Waals surface area contributed by atoms with Gasteiger partial charge in [0.1, 0.15) is 0 Å². The predicted octanol–water partition coefficient (Wildman–Crippen LogP) is 3.07. The third kappa shape index (κ3) is 8.26. The van der Waals surface area contributed by atoms with E-state index in [0.29, 0.717) is 5.92 Å². The zero-order chi connectivity index (χ0) is 10.6. The van der Waals surface area contributed by atoms with Gasteiger partial charge in [0.15, 0.2) is 9.76 Å². The maximum atomic E-state index is 5.65. The van der Waals surface area contributed by atoms with Crippen molar-refractivity contribution < 1.29 is 4.43 Å². The number of allylic oxidation sites excluding steroid dienone is 2. The van der Waals surface area contributed by atoms with Gasteiger partial charge >= 0.3 is 0 Å². The molecule has 1 nitrogen and oxygen atoms in total. The van der Waals surface area contributed by atoms with E-state index in [4.69, 9.17) is 4.43 Å². The lowest BCUT2D eigenvalue weighted by Crippen LogP contribution is -2.02. The maximum Gasteiger partial charge on any atom is 0.161 e. The molecule has 0 aliphatic carbocycles. The van der Waals surface area contributed by atoms with E-state index in [1.165, 1.54) is 18.9 Å². The second kappa shape index (κ2) is 10.7. The predicted molar refractivity (Wildman–Crippen MR) is 67.3 cm³/mol. The fourth-order valence-electron chi connectivity index (χ4n) is 1.31. The van der Waals surface area contributed by atoms with Crippen LogP contribution >= 0.6 is 0 Å². The molecule has 0 aromatic heterocycles. The van der Waals surface area contributed by atoms with Gasteiger partial charge in [-0.3, -0.25) is 0 Å². The molecule has 0 amide bonds. The minimum atomic E-state index is -0.209. The molecule has 0 radical (unpaired) electrons. The molecule has 0 atom stereocenters. The molecule has 0 bridgehead atoms. The van der Waals surface area contributed by atoms with E-state index in [-0.39, 0.29) is 9.76 Å². The maximum absolute atomic E-state index is 5.65. The monoisotopic (exact) mass is 212 g/mol. The molecule has 0 aromatic carbocycles. The Morgan fingerprint density at radius 3 is 2.57 bits per heavy atom. The molecule has 0 aliphatic heterocycles. The highest BCUT2D eigenvalue weighted by Crippen LogP contribution is 2.08. The Balaban J connectivity index is 3.12. The van der Waals surface area contributed by atoms with Crippen LogP contribution in [0.4, 0.5) is 0 Å². The van der Waals surface area contributed by atoms with Crippen LogP contribution in [-0.2, 0) is 4.43 Å². The molecule has 0 unspecified atom stereocenters. The molecule has 0 aliphatic rings. The average Bonchev–Trinajstić information content (AvgIpc) is 2.22. The number of hydrogen-bond donors (Lipinski definition) is 0. The highest BCUT2D eigenvalue weighted by atomic mass is 28.2. The summed E-state index contributed by atoms with van der Waals surface area (Å²) in [5.74, 6) is 0.468. The summed E-state index contributed by atoms with van der Waals surface area (Å²) in [6, 6.07) is 1.34. The summed E-state index contributed by atoms with van der Waals surface area (Å²) < 4.78 is 5.65. The van der Waals surface area contributed by atoms with Gasteiger partial charge in [-0.2, -0.15) is 0 Å². The van der Waals surface area contributed by atoms with Crippen LogP contribution < -0.4 is 0 Å². The first-order chi connectivity index (χ1) is 6.85. The van der Waals surface area contributed by atoms with Crippen molar-refractivity contribution >= 4 is 9.76 Å². The van der Waals surface area contributed by atoms with E-state index in [2.05, 4.69) is 20.1 Å². The Hall–Kier alpha value is -0.343. The van der Waals surface area contributed by atoms with Gasteiger partial charge in [-0.1, -0.05) is 31.9 Å². The first kappa shape index (κ1) is 13.7. The Morgan fingerprint density at radius 2 is 2.00 bits per heavy atom.